The van der Waals surface area contributed by atoms with E-state index in [-0.39, 0.29) is 31.8 Å². The highest BCUT2D eigenvalue weighted by molar-refractivity contribution is 5.92. The summed E-state index contributed by atoms with van der Waals surface area (Å²) in [6.07, 6.45) is 11.8. The quantitative estimate of drug-likeness (QED) is 0.114. The average Bonchev–Trinajstić information content (AvgIpc) is 3.61. The molecule has 1 saturated carbocycles. The summed E-state index contributed by atoms with van der Waals surface area (Å²) < 4.78 is 6.49. The number of H-pyrrole nitrogens is 1. The van der Waals surface area contributed by atoms with Gasteiger partial charge in [0.2, 0.25) is 23.6 Å². The van der Waals surface area contributed by atoms with Crippen molar-refractivity contribution in [2.75, 3.05) is 34.3 Å². The lowest BCUT2D eigenvalue weighted by Crippen LogP contribution is -2.57. The van der Waals surface area contributed by atoms with Gasteiger partial charge >= 0.3 is 0 Å². The molecule has 0 saturated heterocycles. The number of quaternary nitrogens is 1. The Bertz CT molecular complexity index is 1430. The molecule has 0 unspecified atom stereocenters. The number of nitrogens with zero attached hydrogens (tertiary/aromatic N) is 3. The van der Waals surface area contributed by atoms with Crippen LogP contribution >= 0.6 is 0 Å². The Kier molecular flexibility index (Phi) is 15.2. The Labute approximate surface area is 296 Å². The van der Waals surface area contributed by atoms with E-state index in [0.717, 1.165) is 42.3 Å². The number of benzene rings is 1. The van der Waals surface area contributed by atoms with Gasteiger partial charge in [0.05, 0.1) is 52.8 Å². The molecule has 2 aromatic heterocycles. The van der Waals surface area contributed by atoms with Crippen molar-refractivity contribution in [1.82, 2.24) is 30.9 Å². The van der Waals surface area contributed by atoms with Gasteiger partial charge in [0.1, 0.15) is 12.1 Å². The Morgan fingerprint density at radius 1 is 0.940 bits per heavy atom. The maximum absolute atomic E-state index is 14.1. The van der Waals surface area contributed by atoms with Crippen molar-refractivity contribution in [1.29, 1.82) is 0 Å². The molecule has 3 amide bonds. The number of carbonyl (C=O) groups excluding carboxylic acids is 3. The normalized spacial score (nSPS) is 16.1. The number of nitrogens with one attached hydrogen (secondary N) is 4. The molecule has 0 aliphatic heterocycles. The minimum Gasteiger partial charge on any atom is -0.478 e. The summed E-state index contributed by atoms with van der Waals surface area (Å²) in [5.74, 6) is -0.232. The van der Waals surface area contributed by atoms with Gasteiger partial charge in [0.15, 0.2) is 0 Å². The van der Waals surface area contributed by atoms with Gasteiger partial charge in [0.25, 0.3) is 0 Å². The lowest BCUT2D eigenvalue weighted by molar-refractivity contribution is -0.870. The Morgan fingerprint density at radius 3 is 2.34 bits per heavy atom. The van der Waals surface area contributed by atoms with Crippen LogP contribution in [0.25, 0.3) is 0 Å². The van der Waals surface area contributed by atoms with Crippen LogP contribution in [0.15, 0.2) is 67.3 Å². The smallest absolute Gasteiger partial charge is 0.243 e. The van der Waals surface area contributed by atoms with Crippen molar-refractivity contribution in [3.63, 3.8) is 0 Å². The highest BCUT2D eigenvalue weighted by atomic mass is 16.5. The van der Waals surface area contributed by atoms with Crippen LogP contribution in [0.2, 0.25) is 0 Å². The van der Waals surface area contributed by atoms with Crippen molar-refractivity contribution >= 4 is 17.7 Å². The molecule has 0 radical (unpaired) electrons. The van der Waals surface area contributed by atoms with E-state index in [9.17, 15) is 19.5 Å². The highest BCUT2D eigenvalue weighted by Gasteiger charge is 2.32. The van der Waals surface area contributed by atoms with Gasteiger partial charge in [-0.05, 0) is 24.0 Å². The van der Waals surface area contributed by atoms with Crippen LogP contribution in [0.5, 0.6) is 5.88 Å². The molecule has 1 aliphatic carbocycles. The minimum absolute atomic E-state index is 0.155. The SMILES string of the molecule is C[N+](C)(C)CCCC(=O)N[C@@H](Cc1ccccc1)C(=O)N[C@@H](Cc1cnc[nH]1)C(=O)N[C@@H](CC1CCCCC1)[C@@H](O)CCOc1ccccn1. The number of aromatic nitrogens is 3. The maximum Gasteiger partial charge on any atom is 0.243 e. The molecule has 1 aromatic carbocycles. The lowest BCUT2D eigenvalue weighted by atomic mass is 9.83. The number of hydrogen-bond donors (Lipinski definition) is 5. The number of aliphatic hydroxyl groups is 1. The second-order valence-corrected chi connectivity index (χ2v) is 14.5. The number of pyridine rings is 1. The zero-order valence-corrected chi connectivity index (χ0v) is 29.9. The van der Waals surface area contributed by atoms with E-state index in [2.05, 4.69) is 52.0 Å². The summed E-state index contributed by atoms with van der Waals surface area (Å²) >= 11 is 0. The van der Waals surface area contributed by atoms with E-state index in [0.29, 0.717) is 36.8 Å². The van der Waals surface area contributed by atoms with E-state index in [4.69, 9.17) is 4.74 Å². The fraction of sp³-hybridized carbons (Fsp3) is 0.553. The van der Waals surface area contributed by atoms with E-state index in [1.165, 1.54) is 12.7 Å². The predicted molar refractivity (Wildman–Crippen MR) is 192 cm³/mol. The third-order valence-corrected chi connectivity index (χ3v) is 9.18. The number of carbonyl (C=O) groups is 3. The maximum atomic E-state index is 14.1. The van der Waals surface area contributed by atoms with Crippen molar-refractivity contribution in [3.05, 3.63) is 78.5 Å². The molecule has 1 fully saturated rings. The van der Waals surface area contributed by atoms with Gasteiger partial charge in [-0.2, -0.15) is 0 Å². The van der Waals surface area contributed by atoms with E-state index >= 15 is 0 Å². The lowest BCUT2D eigenvalue weighted by Gasteiger charge is -2.31. The van der Waals surface area contributed by atoms with Gasteiger partial charge in [0, 0.05) is 56.3 Å². The Hall–Kier alpha value is -4.29. The standard InChI is InChI=1S/C38H55N7O5/c1-45(2,3)21-12-17-35(47)42-32(24-29-15-8-5-9-16-29)37(48)44-33(25-30-26-39-27-41-30)38(49)43-31(23-28-13-6-4-7-14-28)34(46)19-22-50-36-18-10-11-20-40-36/h5,8-11,15-16,18,20,26-28,31-34,46H,4,6-7,12-14,17,19,21-25H2,1-3H3,(H3-,39,41,42,43,44,47,48,49)/p+1/t31-,32-,33-,34-/m0/s1. The van der Waals surface area contributed by atoms with E-state index in [1.54, 1.807) is 24.5 Å². The van der Waals surface area contributed by atoms with Crippen LogP contribution in [-0.4, -0.2) is 101 Å². The number of hydrogen-bond acceptors (Lipinski definition) is 7. The number of imidazole rings is 1. The molecule has 12 nitrogen and oxygen atoms in total. The van der Waals surface area contributed by atoms with Crippen LogP contribution in [0.4, 0.5) is 0 Å². The molecule has 2 heterocycles. The molecule has 4 atom stereocenters. The highest BCUT2D eigenvalue weighted by Crippen LogP contribution is 2.28. The van der Waals surface area contributed by atoms with E-state index in [1.807, 2.05) is 36.4 Å². The molecule has 12 heteroatoms. The number of aliphatic hydroxyl groups excluding tert-OH is 1. The average molecular weight is 691 g/mol. The first kappa shape index (κ1) is 38.5. The molecule has 4 rings (SSSR count). The summed E-state index contributed by atoms with van der Waals surface area (Å²) in [6, 6.07) is 12.5. The van der Waals surface area contributed by atoms with Gasteiger partial charge in [-0.15, -0.1) is 0 Å². The molecule has 272 valence electrons. The van der Waals surface area contributed by atoms with Crippen LogP contribution in [0, 0.1) is 5.92 Å². The third-order valence-electron chi connectivity index (χ3n) is 9.18. The van der Waals surface area contributed by atoms with Gasteiger partial charge < -0.3 is 35.3 Å². The summed E-state index contributed by atoms with van der Waals surface area (Å²) in [7, 11) is 6.22. The second kappa shape index (κ2) is 19.8. The Morgan fingerprint density at radius 2 is 1.66 bits per heavy atom. The number of ether oxygens (including phenoxy) is 1. The van der Waals surface area contributed by atoms with Crippen molar-refractivity contribution in [3.8, 4) is 5.88 Å². The van der Waals surface area contributed by atoms with Crippen molar-refractivity contribution in [2.24, 2.45) is 5.92 Å². The molecule has 3 aromatic rings. The largest absolute Gasteiger partial charge is 0.478 e. The van der Waals surface area contributed by atoms with Crippen LogP contribution in [-0.2, 0) is 27.2 Å². The second-order valence-electron chi connectivity index (χ2n) is 14.5. The van der Waals surface area contributed by atoms with Gasteiger partial charge in [-0.25, -0.2) is 9.97 Å². The monoisotopic (exact) mass is 690 g/mol. The minimum atomic E-state index is -0.984. The molecule has 5 N–H and O–H groups in total. The third kappa shape index (κ3) is 13.9. The van der Waals surface area contributed by atoms with Crippen molar-refractivity contribution in [2.45, 2.75) is 94.9 Å². The Balaban J connectivity index is 1.48. The zero-order valence-electron chi connectivity index (χ0n) is 29.9. The molecule has 50 heavy (non-hydrogen) atoms. The summed E-state index contributed by atoms with van der Waals surface area (Å²) in [6.45, 7) is 1.05. The fourth-order valence-corrected chi connectivity index (χ4v) is 6.43. The summed E-state index contributed by atoms with van der Waals surface area (Å²) in [5.41, 5.74) is 1.56. The number of aromatic amines is 1. The van der Waals surface area contributed by atoms with Gasteiger partial charge in [-0.1, -0.05) is 68.5 Å². The molecular formula is C38H56N7O5+. The summed E-state index contributed by atoms with van der Waals surface area (Å²) in [5, 5.41) is 20.4. The molecule has 0 bridgehead atoms. The predicted octanol–water partition coefficient (Wildman–Crippen LogP) is 3.33. The summed E-state index contributed by atoms with van der Waals surface area (Å²) in [4.78, 5) is 52.4. The number of amides is 3. The van der Waals surface area contributed by atoms with Crippen molar-refractivity contribution < 1.29 is 28.7 Å². The molecule has 0 spiro atoms. The van der Waals surface area contributed by atoms with E-state index < -0.39 is 36.0 Å². The van der Waals surface area contributed by atoms with Crippen LogP contribution in [0.1, 0.15) is 69.0 Å². The topological polar surface area (TPSA) is 158 Å². The molecule has 1 aliphatic rings. The molecular weight excluding hydrogens is 634 g/mol. The van der Waals surface area contributed by atoms with Crippen LogP contribution < -0.4 is 20.7 Å². The fourth-order valence-electron chi connectivity index (χ4n) is 6.43. The van der Waals surface area contributed by atoms with Gasteiger partial charge in [-0.3, -0.25) is 14.4 Å². The first-order chi connectivity index (χ1) is 24.1. The first-order valence-corrected chi connectivity index (χ1v) is 18.0. The zero-order chi connectivity index (χ0) is 35.8. The van der Waals surface area contributed by atoms with Crippen LogP contribution in [0.3, 0.4) is 0 Å². The first-order valence-electron chi connectivity index (χ1n) is 18.0. The number of rotatable bonds is 20.